The predicted molar refractivity (Wildman–Crippen MR) is 96.9 cm³/mol. The van der Waals surface area contributed by atoms with Gasteiger partial charge in [0.25, 0.3) is 0 Å². The van der Waals surface area contributed by atoms with Gasteiger partial charge in [0.2, 0.25) is 0 Å². The molecule has 0 fully saturated rings. The first-order valence-electron chi connectivity index (χ1n) is 8.05. The second-order valence-electron chi connectivity index (χ2n) is 5.54. The van der Waals surface area contributed by atoms with E-state index >= 15 is 0 Å². The molecule has 0 saturated heterocycles. The van der Waals surface area contributed by atoms with Gasteiger partial charge in [0.15, 0.2) is 0 Å². The maximum absolute atomic E-state index is 5.81. The number of fused-ring (bicyclic) bond motifs is 1. The summed E-state index contributed by atoms with van der Waals surface area (Å²) in [7, 11) is 0. The Hall–Kier alpha value is -3.41. The van der Waals surface area contributed by atoms with Crippen LogP contribution >= 0.6 is 0 Å². The van der Waals surface area contributed by atoms with Crippen molar-refractivity contribution in [3.05, 3.63) is 79.0 Å². The summed E-state index contributed by atoms with van der Waals surface area (Å²) in [4.78, 5) is 0. The number of benzene rings is 2. The van der Waals surface area contributed by atoms with Gasteiger partial charge in [-0.1, -0.05) is 36.4 Å². The van der Waals surface area contributed by atoms with Crippen molar-refractivity contribution in [3.63, 3.8) is 0 Å². The SMILES string of the molecule is C(=N/n1cnnc1)/c1cn(CCOc2ccccc2)c2ccccc12. The second-order valence-corrected chi connectivity index (χ2v) is 5.54. The van der Waals surface area contributed by atoms with E-state index in [-0.39, 0.29) is 0 Å². The van der Waals surface area contributed by atoms with E-state index in [1.54, 1.807) is 17.3 Å². The standard InChI is InChI=1S/C19H17N5O/c1-2-6-17(7-3-1)25-11-10-23-13-16(12-22-24-14-20-21-15-24)18-8-4-5-9-19(18)23/h1-9,12-15H,10-11H2/b22-12-. The van der Waals surface area contributed by atoms with Crippen LogP contribution in [0.25, 0.3) is 10.9 Å². The Morgan fingerprint density at radius 1 is 0.960 bits per heavy atom. The van der Waals surface area contributed by atoms with Crippen molar-refractivity contribution < 1.29 is 4.74 Å². The van der Waals surface area contributed by atoms with Gasteiger partial charge in [0.1, 0.15) is 25.0 Å². The molecule has 0 aliphatic heterocycles. The number of rotatable bonds is 6. The summed E-state index contributed by atoms with van der Waals surface area (Å²) < 4.78 is 9.57. The quantitative estimate of drug-likeness (QED) is 0.510. The molecule has 4 aromatic rings. The van der Waals surface area contributed by atoms with Crippen LogP contribution in [0.2, 0.25) is 0 Å². The minimum absolute atomic E-state index is 0.602. The van der Waals surface area contributed by atoms with Crippen LogP contribution in [-0.2, 0) is 6.54 Å². The summed E-state index contributed by atoms with van der Waals surface area (Å²) in [5.41, 5.74) is 2.20. The van der Waals surface area contributed by atoms with Gasteiger partial charge in [-0.25, -0.2) is 4.68 Å². The molecule has 124 valence electrons. The minimum atomic E-state index is 0.602. The van der Waals surface area contributed by atoms with Gasteiger partial charge in [0.05, 0.1) is 12.8 Å². The molecule has 6 nitrogen and oxygen atoms in total. The molecule has 0 aliphatic rings. The molecule has 0 radical (unpaired) electrons. The fourth-order valence-electron chi connectivity index (χ4n) is 2.73. The van der Waals surface area contributed by atoms with Gasteiger partial charge < -0.3 is 9.30 Å². The zero-order valence-corrected chi connectivity index (χ0v) is 13.6. The first-order chi connectivity index (χ1) is 12.4. The average molecular weight is 331 g/mol. The van der Waals surface area contributed by atoms with Crippen molar-refractivity contribution in [1.82, 2.24) is 19.4 Å². The van der Waals surface area contributed by atoms with E-state index in [1.807, 2.05) is 48.7 Å². The molecule has 2 aromatic heterocycles. The van der Waals surface area contributed by atoms with Crippen LogP contribution in [0.4, 0.5) is 0 Å². The van der Waals surface area contributed by atoms with Gasteiger partial charge in [-0.05, 0) is 18.2 Å². The molecule has 0 atom stereocenters. The molecule has 6 heteroatoms. The number of para-hydroxylation sites is 2. The van der Waals surface area contributed by atoms with Crippen molar-refractivity contribution in [2.45, 2.75) is 6.54 Å². The van der Waals surface area contributed by atoms with Crippen molar-refractivity contribution in [2.24, 2.45) is 5.10 Å². The summed E-state index contributed by atoms with van der Waals surface area (Å²) in [5, 5.41) is 13.0. The molecule has 0 spiro atoms. The smallest absolute Gasteiger partial charge is 0.141 e. The molecule has 0 saturated carbocycles. The summed E-state index contributed by atoms with van der Waals surface area (Å²) >= 11 is 0. The Labute approximate surface area is 145 Å². The van der Waals surface area contributed by atoms with E-state index in [0.717, 1.165) is 28.8 Å². The van der Waals surface area contributed by atoms with E-state index in [1.165, 1.54) is 0 Å². The van der Waals surface area contributed by atoms with Crippen LogP contribution in [0.5, 0.6) is 5.75 Å². The van der Waals surface area contributed by atoms with Crippen LogP contribution in [0.1, 0.15) is 5.56 Å². The van der Waals surface area contributed by atoms with Crippen LogP contribution in [-0.4, -0.2) is 32.3 Å². The maximum Gasteiger partial charge on any atom is 0.141 e. The van der Waals surface area contributed by atoms with Gasteiger partial charge in [-0.15, -0.1) is 10.2 Å². The lowest BCUT2D eigenvalue weighted by atomic mass is 10.2. The molecule has 25 heavy (non-hydrogen) atoms. The summed E-state index contributed by atoms with van der Waals surface area (Å²) in [5.74, 6) is 0.883. The first-order valence-corrected chi connectivity index (χ1v) is 8.05. The van der Waals surface area contributed by atoms with Gasteiger partial charge >= 0.3 is 0 Å². The fraction of sp³-hybridized carbons (Fsp3) is 0.105. The zero-order chi connectivity index (χ0) is 16.9. The molecule has 0 N–H and O–H groups in total. The maximum atomic E-state index is 5.81. The highest BCUT2D eigenvalue weighted by molar-refractivity contribution is 5.99. The lowest BCUT2D eigenvalue weighted by Crippen LogP contribution is -2.07. The third kappa shape index (κ3) is 3.42. The second kappa shape index (κ2) is 7.00. The van der Waals surface area contributed by atoms with Crippen molar-refractivity contribution in [3.8, 4) is 5.75 Å². The van der Waals surface area contributed by atoms with E-state index in [2.05, 4.69) is 38.2 Å². The zero-order valence-electron chi connectivity index (χ0n) is 13.6. The van der Waals surface area contributed by atoms with Crippen LogP contribution in [0.15, 0.2) is 78.6 Å². The predicted octanol–water partition coefficient (Wildman–Crippen LogP) is 3.19. The Balaban J connectivity index is 1.54. The summed E-state index contributed by atoms with van der Waals surface area (Å²) in [6.07, 6.45) is 7.03. The monoisotopic (exact) mass is 331 g/mol. The Kier molecular flexibility index (Phi) is 4.24. The van der Waals surface area contributed by atoms with Gasteiger partial charge in [0, 0.05) is 22.7 Å². The number of ether oxygens (including phenoxy) is 1. The molecular formula is C19H17N5O. The summed E-state index contributed by atoms with van der Waals surface area (Å²) in [6, 6.07) is 18.1. The molecule has 0 aliphatic carbocycles. The third-order valence-corrected chi connectivity index (χ3v) is 3.90. The lowest BCUT2D eigenvalue weighted by molar-refractivity contribution is 0.300. The molecule has 2 heterocycles. The largest absolute Gasteiger partial charge is 0.492 e. The number of nitrogens with zero attached hydrogens (tertiary/aromatic N) is 5. The van der Waals surface area contributed by atoms with Crippen LogP contribution in [0.3, 0.4) is 0 Å². The molecule has 0 unspecified atom stereocenters. The number of hydrogen-bond acceptors (Lipinski definition) is 4. The minimum Gasteiger partial charge on any atom is -0.492 e. The normalized spacial score (nSPS) is 11.4. The van der Waals surface area contributed by atoms with Gasteiger partial charge in [-0.2, -0.15) is 5.10 Å². The van der Waals surface area contributed by atoms with Gasteiger partial charge in [-0.3, -0.25) is 0 Å². The highest BCUT2D eigenvalue weighted by atomic mass is 16.5. The molecule has 0 bridgehead atoms. The Bertz CT molecular complexity index is 974. The molecule has 2 aromatic carbocycles. The Morgan fingerprint density at radius 2 is 1.72 bits per heavy atom. The van der Waals surface area contributed by atoms with Crippen LogP contribution < -0.4 is 4.74 Å². The van der Waals surface area contributed by atoms with Crippen molar-refractivity contribution in [2.75, 3.05) is 6.61 Å². The van der Waals surface area contributed by atoms with Crippen LogP contribution in [0, 0.1) is 0 Å². The van der Waals surface area contributed by atoms with E-state index in [4.69, 9.17) is 4.74 Å². The third-order valence-electron chi connectivity index (χ3n) is 3.90. The Morgan fingerprint density at radius 3 is 2.56 bits per heavy atom. The topological polar surface area (TPSA) is 57.2 Å². The lowest BCUT2D eigenvalue weighted by Gasteiger charge is -2.08. The molecule has 0 amide bonds. The fourth-order valence-corrected chi connectivity index (χ4v) is 2.73. The van der Waals surface area contributed by atoms with Crippen molar-refractivity contribution >= 4 is 17.1 Å². The molecule has 4 rings (SSSR count). The average Bonchev–Trinajstić information content (AvgIpc) is 3.29. The highest BCUT2D eigenvalue weighted by Crippen LogP contribution is 2.20. The number of hydrogen-bond donors (Lipinski definition) is 0. The number of aromatic nitrogens is 4. The van der Waals surface area contributed by atoms with E-state index < -0.39 is 0 Å². The van der Waals surface area contributed by atoms with E-state index in [0.29, 0.717) is 6.61 Å². The summed E-state index contributed by atoms with van der Waals surface area (Å²) in [6.45, 7) is 1.36. The highest BCUT2D eigenvalue weighted by Gasteiger charge is 2.06. The first kappa shape index (κ1) is 15.1. The van der Waals surface area contributed by atoms with E-state index in [9.17, 15) is 0 Å². The molecular weight excluding hydrogens is 314 g/mol. The van der Waals surface area contributed by atoms with Crippen molar-refractivity contribution in [1.29, 1.82) is 0 Å².